The molecule has 0 radical (unpaired) electrons. The molecule has 0 saturated heterocycles. The Morgan fingerprint density at radius 2 is 1.85 bits per heavy atom. The minimum absolute atomic E-state index is 0.523. The number of hydrogen-bond donors (Lipinski definition) is 2. The van der Waals surface area contributed by atoms with Gasteiger partial charge in [0.05, 0.1) is 5.52 Å². The summed E-state index contributed by atoms with van der Waals surface area (Å²) in [7, 11) is 0. The van der Waals surface area contributed by atoms with Crippen molar-refractivity contribution in [3.8, 4) is 0 Å². The van der Waals surface area contributed by atoms with Gasteiger partial charge >= 0.3 is 0 Å². The third kappa shape index (κ3) is 3.43. The highest BCUT2D eigenvalue weighted by molar-refractivity contribution is 7.99. The van der Waals surface area contributed by atoms with Crippen LogP contribution in [0, 0.1) is 0 Å². The lowest BCUT2D eigenvalue weighted by atomic mass is 10.2. The van der Waals surface area contributed by atoms with Gasteiger partial charge in [-0.15, -0.1) is 0 Å². The number of nitrogens with two attached hydrogens (primary N) is 1. The fourth-order valence-electron chi connectivity index (χ4n) is 2.55. The molecule has 7 heteroatoms. The number of pyridine rings is 2. The number of benzene rings is 1. The van der Waals surface area contributed by atoms with Crippen LogP contribution in [0.2, 0.25) is 0 Å². The summed E-state index contributed by atoms with van der Waals surface area (Å²) in [6.45, 7) is 0.592. The predicted molar refractivity (Wildman–Crippen MR) is 104 cm³/mol. The van der Waals surface area contributed by atoms with E-state index in [1.165, 1.54) is 18.1 Å². The molecular formula is C19H16N6S. The van der Waals surface area contributed by atoms with Crippen LogP contribution in [0.5, 0.6) is 0 Å². The molecule has 6 nitrogen and oxygen atoms in total. The molecule has 26 heavy (non-hydrogen) atoms. The number of fused-ring (bicyclic) bond motifs is 1. The van der Waals surface area contributed by atoms with E-state index < -0.39 is 0 Å². The van der Waals surface area contributed by atoms with E-state index in [0.29, 0.717) is 23.1 Å². The summed E-state index contributed by atoms with van der Waals surface area (Å²) in [4.78, 5) is 18.2. The van der Waals surface area contributed by atoms with Crippen LogP contribution in [0.1, 0.15) is 5.56 Å². The summed E-state index contributed by atoms with van der Waals surface area (Å²) in [6.07, 6.45) is 6.86. The minimum Gasteiger partial charge on any atom is -0.394 e. The molecule has 0 aliphatic carbocycles. The lowest BCUT2D eigenvalue weighted by Gasteiger charge is -2.11. The Morgan fingerprint density at radius 1 is 0.962 bits per heavy atom. The van der Waals surface area contributed by atoms with Crippen molar-refractivity contribution in [2.75, 3.05) is 11.1 Å². The van der Waals surface area contributed by atoms with Crippen LogP contribution in [-0.4, -0.2) is 19.9 Å². The van der Waals surface area contributed by atoms with Crippen molar-refractivity contribution in [3.05, 3.63) is 72.9 Å². The molecule has 0 aliphatic rings. The highest BCUT2D eigenvalue weighted by Gasteiger charge is 2.12. The maximum atomic E-state index is 6.30. The Balaban J connectivity index is 1.59. The third-order valence-electron chi connectivity index (χ3n) is 3.83. The number of anilines is 2. The van der Waals surface area contributed by atoms with Crippen molar-refractivity contribution in [1.82, 2.24) is 19.9 Å². The molecule has 3 heterocycles. The van der Waals surface area contributed by atoms with Crippen LogP contribution in [0.25, 0.3) is 10.9 Å². The summed E-state index contributed by atoms with van der Waals surface area (Å²) in [5, 5.41) is 5.03. The van der Waals surface area contributed by atoms with Crippen molar-refractivity contribution in [2.45, 2.75) is 16.5 Å². The van der Waals surface area contributed by atoms with E-state index >= 15 is 0 Å². The zero-order valence-electron chi connectivity index (χ0n) is 13.8. The van der Waals surface area contributed by atoms with E-state index in [9.17, 15) is 0 Å². The molecule has 0 fully saturated rings. The number of aromatic nitrogens is 4. The fraction of sp³-hybridized carbons (Fsp3) is 0.0526. The normalized spacial score (nSPS) is 10.8. The molecule has 4 aromatic rings. The highest BCUT2D eigenvalue weighted by atomic mass is 32.2. The van der Waals surface area contributed by atoms with Gasteiger partial charge < -0.3 is 11.1 Å². The minimum atomic E-state index is 0.523. The van der Waals surface area contributed by atoms with Gasteiger partial charge in [0, 0.05) is 35.4 Å². The van der Waals surface area contributed by atoms with E-state index in [1.54, 1.807) is 12.4 Å². The van der Waals surface area contributed by atoms with E-state index in [1.807, 2.05) is 48.7 Å². The maximum Gasteiger partial charge on any atom is 0.154 e. The van der Waals surface area contributed by atoms with Gasteiger partial charge in [0.25, 0.3) is 0 Å². The highest BCUT2D eigenvalue weighted by Crippen LogP contribution is 2.36. The molecule has 3 aromatic heterocycles. The van der Waals surface area contributed by atoms with Crippen LogP contribution < -0.4 is 11.1 Å². The Hall–Kier alpha value is -3.19. The second kappa shape index (κ2) is 7.37. The first kappa shape index (κ1) is 16.3. The van der Waals surface area contributed by atoms with Crippen LogP contribution in [0.3, 0.4) is 0 Å². The van der Waals surface area contributed by atoms with Crippen LogP contribution >= 0.6 is 11.8 Å². The quantitative estimate of drug-likeness (QED) is 0.524. The Morgan fingerprint density at radius 3 is 2.73 bits per heavy atom. The molecule has 1 aromatic carbocycles. The summed E-state index contributed by atoms with van der Waals surface area (Å²) in [5.74, 6) is 0.611. The largest absolute Gasteiger partial charge is 0.394 e. The third-order valence-corrected chi connectivity index (χ3v) is 4.90. The van der Waals surface area contributed by atoms with Gasteiger partial charge in [-0.05, 0) is 23.8 Å². The average molecular weight is 360 g/mol. The van der Waals surface area contributed by atoms with E-state index in [0.717, 1.165) is 21.4 Å². The molecule has 0 spiro atoms. The zero-order valence-corrected chi connectivity index (χ0v) is 14.6. The molecule has 0 aliphatic heterocycles. The topological polar surface area (TPSA) is 89.6 Å². The summed E-state index contributed by atoms with van der Waals surface area (Å²) in [6, 6.07) is 13.9. The molecule has 128 valence electrons. The summed E-state index contributed by atoms with van der Waals surface area (Å²) in [5.41, 5.74) is 8.80. The second-order valence-corrected chi connectivity index (χ2v) is 6.62. The SMILES string of the molecule is Nc1c(NCc2cccnc2)ncnc1Sc1cccc2cccnc12. The Bertz CT molecular complexity index is 1030. The van der Waals surface area contributed by atoms with E-state index in [-0.39, 0.29) is 0 Å². The molecule has 0 amide bonds. The van der Waals surface area contributed by atoms with Crippen molar-refractivity contribution < 1.29 is 0 Å². The number of hydrogen-bond acceptors (Lipinski definition) is 7. The van der Waals surface area contributed by atoms with E-state index in [2.05, 4.69) is 25.3 Å². The number of para-hydroxylation sites is 1. The van der Waals surface area contributed by atoms with Crippen molar-refractivity contribution in [3.63, 3.8) is 0 Å². The fourth-order valence-corrected chi connectivity index (χ4v) is 3.48. The standard InChI is InChI=1S/C19H16N6S/c20-16-18(23-11-13-4-2-8-21-10-13)24-12-25-19(16)26-15-7-1-5-14-6-3-9-22-17(14)15/h1-10,12H,11,20H2,(H,23,24,25). The molecule has 3 N–H and O–H groups in total. The Kier molecular flexibility index (Phi) is 4.61. The van der Waals surface area contributed by atoms with Gasteiger partial charge in [-0.1, -0.05) is 36.0 Å². The zero-order chi connectivity index (χ0) is 17.8. The van der Waals surface area contributed by atoms with Crippen molar-refractivity contribution in [2.24, 2.45) is 0 Å². The van der Waals surface area contributed by atoms with Crippen LogP contribution in [0.15, 0.2) is 77.3 Å². The maximum absolute atomic E-state index is 6.30. The molecule has 0 saturated carbocycles. The average Bonchev–Trinajstić information content (AvgIpc) is 2.70. The summed E-state index contributed by atoms with van der Waals surface area (Å²) >= 11 is 1.49. The first-order valence-electron chi connectivity index (χ1n) is 8.06. The number of nitrogens with one attached hydrogen (secondary N) is 1. The van der Waals surface area contributed by atoms with Gasteiger partial charge in [-0.2, -0.15) is 0 Å². The van der Waals surface area contributed by atoms with Gasteiger partial charge in [0.2, 0.25) is 0 Å². The molecule has 4 rings (SSSR count). The monoisotopic (exact) mass is 360 g/mol. The molecule has 0 atom stereocenters. The van der Waals surface area contributed by atoms with Gasteiger partial charge in [0.1, 0.15) is 17.0 Å². The first-order chi connectivity index (χ1) is 12.8. The number of nitrogens with zero attached hydrogens (tertiary/aromatic N) is 4. The van der Waals surface area contributed by atoms with Crippen molar-refractivity contribution >= 4 is 34.2 Å². The lowest BCUT2D eigenvalue weighted by Crippen LogP contribution is -2.06. The number of nitrogen functional groups attached to an aromatic ring is 1. The number of rotatable bonds is 5. The molecule has 0 bridgehead atoms. The lowest BCUT2D eigenvalue weighted by molar-refractivity contribution is 1.02. The van der Waals surface area contributed by atoms with Crippen LogP contribution in [-0.2, 0) is 6.54 Å². The first-order valence-corrected chi connectivity index (χ1v) is 8.88. The van der Waals surface area contributed by atoms with Crippen molar-refractivity contribution in [1.29, 1.82) is 0 Å². The smallest absolute Gasteiger partial charge is 0.154 e. The predicted octanol–water partition coefficient (Wildman–Crippen LogP) is 3.77. The molecule has 0 unspecified atom stereocenters. The van der Waals surface area contributed by atoms with Gasteiger partial charge in [0.15, 0.2) is 5.82 Å². The second-order valence-electron chi connectivity index (χ2n) is 5.59. The van der Waals surface area contributed by atoms with E-state index in [4.69, 9.17) is 5.73 Å². The van der Waals surface area contributed by atoms with Gasteiger partial charge in [-0.3, -0.25) is 9.97 Å². The van der Waals surface area contributed by atoms with Crippen LogP contribution in [0.4, 0.5) is 11.5 Å². The van der Waals surface area contributed by atoms with Gasteiger partial charge in [-0.25, -0.2) is 9.97 Å². The summed E-state index contributed by atoms with van der Waals surface area (Å²) < 4.78 is 0. The molecular weight excluding hydrogens is 344 g/mol. The Labute approximate surface area is 154 Å².